The minimum atomic E-state index is -3.83. The lowest BCUT2D eigenvalue weighted by Crippen LogP contribution is -2.45. The number of likely N-dealkylation sites (tertiary alicyclic amines) is 1. The molecule has 10 heteroatoms. The number of nitro benzene ring substituents is 1. The molecule has 1 atom stereocenters. The molecule has 0 N–H and O–H groups in total. The fourth-order valence-electron chi connectivity index (χ4n) is 3.61. The SMILES string of the molecule is CC[C@H]1CCCCN1C(=O)COc1ccc(S(=O)(=O)N(CC)CC)cc1[N+](=O)[O-]. The van der Waals surface area contributed by atoms with Gasteiger partial charge in [-0.15, -0.1) is 0 Å². The van der Waals surface area contributed by atoms with E-state index in [1.807, 2.05) is 6.92 Å². The van der Waals surface area contributed by atoms with Gasteiger partial charge < -0.3 is 9.64 Å². The normalized spacial score (nSPS) is 17.4. The zero-order valence-corrected chi connectivity index (χ0v) is 18.0. The third-order valence-corrected chi connectivity index (χ3v) is 7.29. The lowest BCUT2D eigenvalue weighted by Gasteiger charge is -2.35. The highest BCUT2D eigenvalue weighted by molar-refractivity contribution is 7.89. The molecule has 2 rings (SSSR count). The largest absolute Gasteiger partial charge is 0.477 e. The fourth-order valence-corrected chi connectivity index (χ4v) is 5.09. The van der Waals surface area contributed by atoms with Crippen molar-refractivity contribution in [3.05, 3.63) is 28.3 Å². The zero-order valence-electron chi connectivity index (χ0n) is 17.2. The van der Waals surface area contributed by atoms with Gasteiger partial charge in [-0.3, -0.25) is 14.9 Å². The van der Waals surface area contributed by atoms with E-state index in [4.69, 9.17) is 4.74 Å². The van der Waals surface area contributed by atoms with Gasteiger partial charge >= 0.3 is 5.69 Å². The number of rotatable bonds is 9. The van der Waals surface area contributed by atoms with E-state index in [1.54, 1.807) is 18.7 Å². The Hall–Kier alpha value is -2.20. The van der Waals surface area contributed by atoms with Crippen molar-refractivity contribution in [3.8, 4) is 5.75 Å². The summed E-state index contributed by atoms with van der Waals surface area (Å²) >= 11 is 0. The van der Waals surface area contributed by atoms with Crippen LogP contribution in [0.15, 0.2) is 23.1 Å². The van der Waals surface area contributed by atoms with Crippen molar-refractivity contribution in [1.29, 1.82) is 0 Å². The molecular weight excluding hydrogens is 398 g/mol. The maximum Gasteiger partial charge on any atom is 0.312 e. The van der Waals surface area contributed by atoms with Gasteiger partial charge in [-0.1, -0.05) is 20.8 Å². The second-order valence-corrected chi connectivity index (χ2v) is 8.85. The molecule has 0 aromatic heterocycles. The Balaban J connectivity index is 2.21. The minimum Gasteiger partial charge on any atom is -0.477 e. The number of piperidine rings is 1. The summed E-state index contributed by atoms with van der Waals surface area (Å²) < 4.78 is 31.9. The van der Waals surface area contributed by atoms with Crippen LogP contribution >= 0.6 is 0 Å². The molecule has 162 valence electrons. The topological polar surface area (TPSA) is 110 Å². The van der Waals surface area contributed by atoms with Crippen LogP contribution in [0.3, 0.4) is 0 Å². The number of hydrogen-bond acceptors (Lipinski definition) is 6. The van der Waals surface area contributed by atoms with Crippen LogP contribution in [0.5, 0.6) is 5.75 Å². The number of sulfonamides is 1. The summed E-state index contributed by atoms with van der Waals surface area (Å²) in [5.41, 5.74) is -0.475. The lowest BCUT2D eigenvalue weighted by atomic mass is 10.00. The van der Waals surface area contributed by atoms with Gasteiger partial charge in [0.1, 0.15) is 0 Å². The molecule has 1 aliphatic rings. The third kappa shape index (κ3) is 5.24. The molecular formula is C19H29N3O6S. The van der Waals surface area contributed by atoms with Crippen molar-refractivity contribution >= 4 is 21.6 Å². The van der Waals surface area contributed by atoms with Crippen molar-refractivity contribution in [3.63, 3.8) is 0 Å². The third-order valence-electron chi connectivity index (χ3n) is 5.24. The predicted octanol–water partition coefficient (Wildman–Crippen LogP) is 2.80. The molecule has 0 aliphatic carbocycles. The Bertz CT molecular complexity index is 838. The molecule has 0 saturated carbocycles. The smallest absolute Gasteiger partial charge is 0.312 e. The van der Waals surface area contributed by atoms with Crippen molar-refractivity contribution in [1.82, 2.24) is 9.21 Å². The Kier molecular flexibility index (Phi) is 7.97. The molecule has 0 bridgehead atoms. The summed E-state index contributed by atoms with van der Waals surface area (Å²) in [6.45, 7) is 6.27. The summed E-state index contributed by atoms with van der Waals surface area (Å²) in [6.07, 6.45) is 3.81. The molecule has 1 aromatic carbocycles. The molecule has 0 unspecified atom stereocenters. The summed E-state index contributed by atoms with van der Waals surface area (Å²) in [5.74, 6) is -0.336. The molecule has 1 saturated heterocycles. The van der Waals surface area contributed by atoms with Crippen molar-refractivity contribution in [2.75, 3.05) is 26.2 Å². The Morgan fingerprint density at radius 3 is 2.55 bits per heavy atom. The molecule has 0 radical (unpaired) electrons. The average Bonchev–Trinajstić information content (AvgIpc) is 2.72. The quantitative estimate of drug-likeness (QED) is 0.443. The van der Waals surface area contributed by atoms with Crippen LogP contribution in [0.2, 0.25) is 0 Å². The number of nitro groups is 1. The van der Waals surface area contributed by atoms with Crippen LogP contribution in [-0.4, -0.2) is 60.7 Å². The number of amides is 1. The first-order valence-corrected chi connectivity index (χ1v) is 11.4. The Morgan fingerprint density at radius 1 is 1.28 bits per heavy atom. The fraction of sp³-hybridized carbons (Fsp3) is 0.632. The van der Waals surface area contributed by atoms with Crippen molar-refractivity contribution in [2.24, 2.45) is 0 Å². The molecule has 1 heterocycles. The Labute approximate surface area is 171 Å². The van der Waals surface area contributed by atoms with Crippen LogP contribution in [0.25, 0.3) is 0 Å². The highest BCUT2D eigenvalue weighted by Gasteiger charge is 2.28. The maximum atomic E-state index is 12.6. The highest BCUT2D eigenvalue weighted by Crippen LogP contribution is 2.31. The van der Waals surface area contributed by atoms with Gasteiger partial charge in [0.05, 0.1) is 9.82 Å². The van der Waals surface area contributed by atoms with E-state index in [2.05, 4.69) is 0 Å². The number of carbonyl (C=O) groups excluding carboxylic acids is 1. The average molecular weight is 428 g/mol. The molecule has 1 amide bonds. The van der Waals surface area contributed by atoms with Crippen LogP contribution in [0.4, 0.5) is 5.69 Å². The summed E-state index contributed by atoms with van der Waals surface area (Å²) in [6, 6.07) is 3.67. The number of hydrogen-bond donors (Lipinski definition) is 0. The summed E-state index contributed by atoms with van der Waals surface area (Å²) in [7, 11) is -3.83. The second-order valence-electron chi connectivity index (χ2n) is 6.91. The van der Waals surface area contributed by atoms with Crippen molar-refractivity contribution in [2.45, 2.75) is 57.4 Å². The lowest BCUT2D eigenvalue weighted by molar-refractivity contribution is -0.386. The first kappa shape index (κ1) is 23.1. The van der Waals surface area contributed by atoms with Gasteiger partial charge in [0, 0.05) is 31.7 Å². The molecule has 1 fully saturated rings. The van der Waals surface area contributed by atoms with E-state index in [9.17, 15) is 23.3 Å². The van der Waals surface area contributed by atoms with Gasteiger partial charge in [-0.05, 0) is 37.8 Å². The molecule has 1 aromatic rings. The maximum absolute atomic E-state index is 12.6. The summed E-state index contributed by atoms with van der Waals surface area (Å²) in [4.78, 5) is 24.9. The van der Waals surface area contributed by atoms with E-state index in [-0.39, 0.29) is 42.3 Å². The van der Waals surface area contributed by atoms with Crippen LogP contribution < -0.4 is 4.74 Å². The first-order valence-electron chi connectivity index (χ1n) is 9.97. The number of ether oxygens (including phenoxy) is 1. The predicted molar refractivity (Wildman–Crippen MR) is 108 cm³/mol. The number of benzene rings is 1. The second kappa shape index (κ2) is 10.0. The van der Waals surface area contributed by atoms with Crippen LogP contribution in [-0.2, 0) is 14.8 Å². The number of carbonyl (C=O) groups is 1. The summed E-state index contributed by atoms with van der Waals surface area (Å²) in [5, 5.41) is 11.5. The minimum absolute atomic E-state index is 0.119. The molecule has 9 nitrogen and oxygen atoms in total. The molecule has 1 aliphatic heterocycles. The first-order chi connectivity index (χ1) is 13.8. The van der Waals surface area contributed by atoms with Gasteiger partial charge in [0.15, 0.2) is 12.4 Å². The van der Waals surface area contributed by atoms with E-state index >= 15 is 0 Å². The van der Waals surface area contributed by atoms with Gasteiger partial charge in [-0.25, -0.2) is 8.42 Å². The Morgan fingerprint density at radius 2 is 1.97 bits per heavy atom. The molecule has 0 spiro atoms. The zero-order chi connectivity index (χ0) is 21.6. The van der Waals surface area contributed by atoms with E-state index in [0.717, 1.165) is 31.7 Å². The highest BCUT2D eigenvalue weighted by atomic mass is 32.2. The van der Waals surface area contributed by atoms with Gasteiger partial charge in [0.25, 0.3) is 5.91 Å². The van der Waals surface area contributed by atoms with Gasteiger partial charge in [-0.2, -0.15) is 4.31 Å². The van der Waals surface area contributed by atoms with Crippen LogP contribution in [0.1, 0.15) is 46.5 Å². The van der Waals surface area contributed by atoms with E-state index < -0.39 is 20.6 Å². The van der Waals surface area contributed by atoms with Gasteiger partial charge in [0.2, 0.25) is 10.0 Å². The van der Waals surface area contributed by atoms with E-state index in [1.165, 1.54) is 16.4 Å². The van der Waals surface area contributed by atoms with E-state index in [0.29, 0.717) is 6.54 Å². The number of nitrogens with zero attached hydrogens (tertiary/aromatic N) is 3. The standard InChI is InChI=1S/C19H29N3O6S/c1-4-15-9-7-8-12-21(15)19(23)14-28-18-11-10-16(13-17(18)22(24)25)29(26,27)20(5-2)6-3/h10-11,13,15H,4-9,12,14H2,1-3H3/t15-/m0/s1. The van der Waals surface area contributed by atoms with Crippen molar-refractivity contribution < 1.29 is 22.9 Å². The van der Waals surface area contributed by atoms with Crippen LogP contribution in [0, 0.1) is 10.1 Å². The monoisotopic (exact) mass is 427 g/mol. The molecule has 29 heavy (non-hydrogen) atoms.